The van der Waals surface area contributed by atoms with E-state index in [1.54, 1.807) is 11.8 Å². The molecule has 0 bridgehead atoms. The molecule has 0 saturated carbocycles. The van der Waals surface area contributed by atoms with Gasteiger partial charge in [-0.2, -0.15) is 0 Å². The summed E-state index contributed by atoms with van der Waals surface area (Å²) in [5, 5.41) is -0.0511. The van der Waals surface area contributed by atoms with Crippen LogP contribution in [0.1, 0.15) is 12.5 Å². The molecule has 2 aromatic carbocycles. The molecule has 0 fully saturated rings. The molecule has 3 rings (SSSR count). The zero-order valence-corrected chi connectivity index (χ0v) is 11.5. The molecular weight excluding hydrogens is 252 g/mol. The number of ketones is 1. The Hall–Kier alpha value is -1.80. The lowest BCUT2D eigenvalue weighted by Gasteiger charge is -2.30. The minimum Gasteiger partial charge on any atom is -0.293 e. The van der Waals surface area contributed by atoms with E-state index in [9.17, 15) is 4.79 Å². The van der Waals surface area contributed by atoms with Crippen molar-refractivity contribution >= 4 is 23.1 Å². The Bertz CT molecular complexity index is 629. The van der Waals surface area contributed by atoms with E-state index in [0.717, 1.165) is 16.0 Å². The van der Waals surface area contributed by atoms with Crippen molar-refractivity contribution < 1.29 is 4.79 Å². The van der Waals surface area contributed by atoms with Gasteiger partial charge in [0.1, 0.15) is 0 Å². The van der Waals surface area contributed by atoms with E-state index in [-0.39, 0.29) is 11.0 Å². The van der Waals surface area contributed by atoms with Gasteiger partial charge in [0.25, 0.3) is 0 Å². The van der Waals surface area contributed by atoms with Crippen molar-refractivity contribution in [1.29, 1.82) is 0 Å². The number of allylic oxidation sites excluding steroid dienone is 1. The second-order valence-corrected chi connectivity index (χ2v) is 5.76. The first-order chi connectivity index (χ1) is 9.27. The second-order valence-electron chi connectivity index (χ2n) is 4.58. The van der Waals surface area contributed by atoms with Crippen molar-refractivity contribution in [2.45, 2.75) is 17.1 Å². The molecule has 1 unspecified atom stereocenters. The van der Waals surface area contributed by atoms with Gasteiger partial charge in [-0.3, -0.25) is 4.79 Å². The summed E-state index contributed by atoms with van der Waals surface area (Å²) in [4.78, 5) is 13.2. The number of hydrogen-bond acceptors (Lipinski definition) is 2. The summed E-state index contributed by atoms with van der Waals surface area (Å²) in [5.74, 6) is 0.257. The number of thioether (sulfide) groups is 1. The third kappa shape index (κ3) is 2.24. The fourth-order valence-corrected chi connectivity index (χ4v) is 3.61. The molecule has 0 aromatic heterocycles. The quantitative estimate of drug-likeness (QED) is 0.828. The van der Waals surface area contributed by atoms with E-state index >= 15 is 0 Å². The third-order valence-electron chi connectivity index (χ3n) is 3.36. The molecule has 2 aromatic rings. The van der Waals surface area contributed by atoms with E-state index in [0.29, 0.717) is 0 Å². The monoisotopic (exact) mass is 266 g/mol. The minimum absolute atomic E-state index is 0.0511. The van der Waals surface area contributed by atoms with Gasteiger partial charge in [-0.05, 0) is 35.8 Å². The Balaban J connectivity index is 1.90. The molecule has 0 radical (unpaired) electrons. The topological polar surface area (TPSA) is 17.1 Å². The predicted molar refractivity (Wildman–Crippen MR) is 80.1 cm³/mol. The number of benzene rings is 2. The SMILES string of the molecule is CC1=C(c2ccccc2)C(Sc2ccccc2)C1=O. The highest BCUT2D eigenvalue weighted by molar-refractivity contribution is 8.01. The van der Waals surface area contributed by atoms with Crippen LogP contribution in [0.3, 0.4) is 0 Å². The van der Waals surface area contributed by atoms with Gasteiger partial charge in [-0.25, -0.2) is 0 Å². The highest BCUT2D eigenvalue weighted by atomic mass is 32.2. The zero-order valence-electron chi connectivity index (χ0n) is 10.7. The molecule has 1 aliphatic rings. The summed E-state index contributed by atoms with van der Waals surface area (Å²) >= 11 is 1.64. The van der Waals surface area contributed by atoms with Gasteiger partial charge in [0, 0.05) is 4.90 Å². The summed E-state index contributed by atoms with van der Waals surface area (Å²) in [6.07, 6.45) is 0. The van der Waals surface area contributed by atoms with Crippen LogP contribution in [0.5, 0.6) is 0 Å². The molecule has 0 aliphatic heterocycles. The first-order valence-corrected chi connectivity index (χ1v) is 7.17. The van der Waals surface area contributed by atoms with E-state index in [1.165, 1.54) is 5.57 Å². The molecule has 19 heavy (non-hydrogen) atoms. The lowest BCUT2D eigenvalue weighted by molar-refractivity contribution is -0.115. The largest absolute Gasteiger partial charge is 0.293 e. The maximum atomic E-state index is 12.1. The molecule has 1 atom stereocenters. The maximum Gasteiger partial charge on any atom is 0.176 e. The van der Waals surface area contributed by atoms with Crippen molar-refractivity contribution in [3.8, 4) is 0 Å². The standard InChI is InChI=1S/C17H14OS/c1-12-15(13-8-4-2-5-9-13)17(16(12)18)19-14-10-6-3-7-11-14/h2-11,17H,1H3. The normalized spacial score (nSPS) is 18.4. The fourth-order valence-electron chi connectivity index (χ4n) is 2.31. The van der Waals surface area contributed by atoms with Crippen LogP contribution in [0.15, 0.2) is 71.1 Å². The molecule has 0 amide bonds. The van der Waals surface area contributed by atoms with Gasteiger partial charge in [0.05, 0.1) is 5.25 Å². The molecule has 1 aliphatic carbocycles. The molecule has 94 valence electrons. The van der Waals surface area contributed by atoms with E-state index < -0.39 is 0 Å². The molecule has 2 heteroatoms. The maximum absolute atomic E-state index is 12.1. The number of rotatable bonds is 3. The summed E-state index contributed by atoms with van der Waals surface area (Å²) in [6.45, 7) is 1.92. The molecule has 1 nitrogen and oxygen atoms in total. The number of hydrogen-bond donors (Lipinski definition) is 0. The van der Waals surface area contributed by atoms with E-state index in [2.05, 4.69) is 12.1 Å². The summed E-state index contributed by atoms with van der Waals surface area (Å²) in [7, 11) is 0. The van der Waals surface area contributed by atoms with Crippen LogP contribution in [0.2, 0.25) is 0 Å². The lowest BCUT2D eigenvalue weighted by Crippen LogP contribution is -2.31. The van der Waals surface area contributed by atoms with Crippen LogP contribution in [0, 0.1) is 0 Å². The zero-order chi connectivity index (χ0) is 13.2. The molecular formula is C17H14OS. The third-order valence-corrected chi connectivity index (χ3v) is 4.59. The Morgan fingerprint density at radius 3 is 2.11 bits per heavy atom. The van der Waals surface area contributed by atoms with Crippen LogP contribution < -0.4 is 0 Å². The Kier molecular flexibility index (Phi) is 3.26. The summed E-state index contributed by atoms with van der Waals surface area (Å²) in [5.41, 5.74) is 3.24. The Labute approximate surface area is 117 Å². The van der Waals surface area contributed by atoms with Gasteiger partial charge < -0.3 is 0 Å². The Morgan fingerprint density at radius 1 is 0.895 bits per heavy atom. The smallest absolute Gasteiger partial charge is 0.176 e. The van der Waals surface area contributed by atoms with Crippen LogP contribution in [-0.2, 0) is 4.79 Å². The van der Waals surface area contributed by atoms with E-state index in [4.69, 9.17) is 0 Å². The number of carbonyl (C=O) groups excluding carboxylic acids is 1. The van der Waals surface area contributed by atoms with Gasteiger partial charge in [0.15, 0.2) is 5.78 Å². The van der Waals surface area contributed by atoms with Crippen LogP contribution >= 0.6 is 11.8 Å². The average molecular weight is 266 g/mol. The Morgan fingerprint density at radius 2 is 1.47 bits per heavy atom. The molecule has 0 spiro atoms. The molecule has 0 saturated heterocycles. The van der Waals surface area contributed by atoms with Crippen molar-refractivity contribution in [2.75, 3.05) is 0 Å². The lowest BCUT2D eigenvalue weighted by atomic mass is 9.83. The van der Waals surface area contributed by atoms with Crippen LogP contribution in [-0.4, -0.2) is 11.0 Å². The minimum atomic E-state index is -0.0511. The number of carbonyl (C=O) groups is 1. The molecule has 0 heterocycles. The van der Waals surface area contributed by atoms with Crippen molar-refractivity contribution in [3.05, 3.63) is 71.8 Å². The van der Waals surface area contributed by atoms with Crippen LogP contribution in [0.4, 0.5) is 0 Å². The average Bonchev–Trinajstić information content (AvgIpc) is 2.48. The highest BCUT2D eigenvalue weighted by Gasteiger charge is 2.37. The number of Topliss-reactive ketones (excluding diaryl/α,β-unsaturated/α-hetero) is 1. The molecule has 0 N–H and O–H groups in total. The van der Waals surface area contributed by atoms with Gasteiger partial charge in [-0.15, -0.1) is 11.8 Å². The fraction of sp³-hybridized carbons (Fsp3) is 0.118. The summed E-state index contributed by atoms with van der Waals surface area (Å²) < 4.78 is 0. The first kappa shape index (κ1) is 12.2. The second kappa shape index (κ2) is 5.06. The van der Waals surface area contributed by atoms with Crippen molar-refractivity contribution in [1.82, 2.24) is 0 Å². The first-order valence-electron chi connectivity index (χ1n) is 6.29. The predicted octanol–water partition coefficient (Wildman–Crippen LogP) is 4.20. The van der Waals surface area contributed by atoms with Gasteiger partial charge in [0.2, 0.25) is 0 Å². The summed E-state index contributed by atoms with van der Waals surface area (Å²) in [6, 6.07) is 20.3. The van der Waals surface area contributed by atoms with Gasteiger partial charge >= 0.3 is 0 Å². The van der Waals surface area contributed by atoms with Crippen molar-refractivity contribution in [3.63, 3.8) is 0 Å². The van der Waals surface area contributed by atoms with E-state index in [1.807, 2.05) is 55.5 Å². The van der Waals surface area contributed by atoms with Crippen LogP contribution in [0.25, 0.3) is 5.57 Å². The van der Waals surface area contributed by atoms with Crippen molar-refractivity contribution in [2.24, 2.45) is 0 Å². The van der Waals surface area contributed by atoms with Gasteiger partial charge in [-0.1, -0.05) is 48.5 Å². The highest BCUT2D eigenvalue weighted by Crippen LogP contribution is 2.43.